The number of fused-ring (bicyclic) bond motifs is 2. The van der Waals surface area contributed by atoms with Crippen molar-refractivity contribution in [3.8, 4) is 0 Å². The molecule has 0 amide bonds. The minimum Gasteiger partial charge on any atom is -0.392 e. The predicted octanol–water partition coefficient (Wildman–Crippen LogP) is 4.44. The highest BCUT2D eigenvalue weighted by Crippen LogP contribution is 2.62. The molecule has 3 aliphatic carbocycles. The van der Waals surface area contributed by atoms with Crippen LogP contribution in [-0.2, 0) is 4.79 Å². The number of aliphatic hydroxyl groups is 1. The van der Waals surface area contributed by atoms with Crippen molar-refractivity contribution >= 4 is 5.78 Å². The zero-order valence-corrected chi connectivity index (χ0v) is 14.5. The monoisotopic (exact) mass is 302 g/mol. The number of carbonyl (C=O) groups excluding carboxylic acids is 1. The number of rotatable bonds is 1. The average Bonchev–Trinajstić information content (AvgIpc) is 2.44. The maximum absolute atomic E-state index is 12.8. The minimum absolute atomic E-state index is 0.0917. The smallest absolute Gasteiger partial charge is 0.159 e. The van der Waals surface area contributed by atoms with Crippen LogP contribution >= 0.6 is 0 Å². The van der Waals surface area contributed by atoms with Gasteiger partial charge in [-0.05, 0) is 48.0 Å². The molecule has 3 rings (SSSR count). The Morgan fingerprint density at radius 2 is 1.86 bits per heavy atom. The van der Waals surface area contributed by atoms with Gasteiger partial charge in [0, 0.05) is 11.8 Å². The molecular formula is C20H30O2. The predicted molar refractivity (Wildman–Crippen MR) is 89.4 cm³/mol. The molecule has 4 atom stereocenters. The average molecular weight is 302 g/mol. The molecular weight excluding hydrogens is 272 g/mol. The van der Waals surface area contributed by atoms with Crippen LogP contribution in [0.25, 0.3) is 0 Å². The van der Waals surface area contributed by atoms with Gasteiger partial charge in [-0.2, -0.15) is 0 Å². The fraction of sp³-hybridized carbons (Fsp3) is 0.750. The minimum atomic E-state index is -0.419. The van der Waals surface area contributed by atoms with E-state index in [0.717, 1.165) is 12.0 Å². The number of hydrogen-bond acceptors (Lipinski definition) is 2. The molecule has 0 bridgehead atoms. The van der Waals surface area contributed by atoms with Gasteiger partial charge in [-0.15, -0.1) is 6.58 Å². The van der Waals surface area contributed by atoms with E-state index in [4.69, 9.17) is 0 Å². The molecule has 22 heavy (non-hydrogen) atoms. The number of allylic oxidation sites excluding steroid dienone is 1. The Morgan fingerprint density at radius 1 is 1.18 bits per heavy atom. The lowest BCUT2D eigenvalue weighted by Crippen LogP contribution is -2.51. The van der Waals surface area contributed by atoms with Crippen molar-refractivity contribution in [3.63, 3.8) is 0 Å². The highest BCUT2D eigenvalue weighted by molar-refractivity contribution is 5.98. The molecule has 0 aromatic heterocycles. The fourth-order valence-electron chi connectivity index (χ4n) is 5.50. The van der Waals surface area contributed by atoms with Crippen LogP contribution in [0.4, 0.5) is 0 Å². The zero-order valence-electron chi connectivity index (χ0n) is 14.5. The number of ketones is 1. The van der Waals surface area contributed by atoms with Crippen molar-refractivity contribution in [1.29, 1.82) is 0 Å². The molecule has 0 aliphatic heterocycles. The van der Waals surface area contributed by atoms with E-state index in [-0.39, 0.29) is 16.2 Å². The lowest BCUT2D eigenvalue weighted by atomic mass is 9.47. The van der Waals surface area contributed by atoms with Gasteiger partial charge in [0.25, 0.3) is 0 Å². The molecule has 0 aromatic rings. The van der Waals surface area contributed by atoms with Gasteiger partial charge < -0.3 is 5.11 Å². The second-order valence-electron chi connectivity index (χ2n) is 9.00. The van der Waals surface area contributed by atoms with Gasteiger partial charge in [0.2, 0.25) is 0 Å². The molecule has 3 aliphatic rings. The van der Waals surface area contributed by atoms with E-state index >= 15 is 0 Å². The van der Waals surface area contributed by atoms with Crippen LogP contribution < -0.4 is 0 Å². The van der Waals surface area contributed by atoms with Gasteiger partial charge in [0.1, 0.15) is 0 Å². The van der Waals surface area contributed by atoms with Gasteiger partial charge in [0.15, 0.2) is 5.78 Å². The number of Topliss-reactive ketones (excluding diaryl/α,β-unsaturated/α-hetero) is 1. The third-order valence-corrected chi connectivity index (χ3v) is 7.19. The van der Waals surface area contributed by atoms with Gasteiger partial charge in [-0.3, -0.25) is 4.79 Å². The Labute approximate surface area is 134 Å². The molecule has 2 heteroatoms. The Morgan fingerprint density at radius 3 is 2.50 bits per heavy atom. The summed E-state index contributed by atoms with van der Waals surface area (Å²) in [5.74, 6) is 0.743. The normalized spacial score (nSPS) is 44.3. The van der Waals surface area contributed by atoms with Gasteiger partial charge in [-0.1, -0.05) is 45.8 Å². The van der Waals surface area contributed by atoms with E-state index in [1.165, 1.54) is 18.4 Å². The SMILES string of the molecule is C=C[C@]1(C)CC2=C(C[C@H]1O)[C@@]1(C)CCCC(C)(C)[C@@H]1CC2=O. The van der Waals surface area contributed by atoms with E-state index in [9.17, 15) is 9.90 Å². The third kappa shape index (κ3) is 2.06. The molecule has 0 aromatic carbocycles. The molecule has 2 nitrogen and oxygen atoms in total. The molecule has 0 unspecified atom stereocenters. The topological polar surface area (TPSA) is 37.3 Å². The highest BCUT2D eigenvalue weighted by atomic mass is 16.3. The second kappa shape index (κ2) is 4.80. The third-order valence-electron chi connectivity index (χ3n) is 7.19. The highest BCUT2D eigenvalue weighted by Gasteiger charge is 2.55. The van der Waals surface area contributed by atoms with Crippen LogP contribution in [0.3, 0.4) is 0 Å². The van der Waals surface area contributed by atoms with E-state index < -0.39 is 6.10 Å². The molecule has 1 saturated carbocycles. The Balaban J connectivity index is 2.10. The van der Waals surface area contributed by atoms with Crippen LogP contribution in [0.15, 0.2) is 23.8 Å². The van der Waals surface area contributed by atoms with Crippen LogP contribution in [0.5, 0.6) is 0 Å². The largest absolute Gasteiger partial charge is 0.392 e. The summed E-state index contributed by atoms with van der Waals surface area (Å²) in [5.41, 5.74) is 2.24. The number of carbonyl (C=O) groups is 1. The molecule has 0 radical (unpaired) electrons. The van der Waals surface area contributed by atoms with E-state index in [2.05, 4.69) is 27.4 Å². The first-order chi connectivity index (χ1) is 10.1. The van der Waals surface area contributed by atoms with E-state index in [0.29, 0.717) is 31.0 Å². The summed E-state index contributed by atoms with van der Waals surface area (Å²) in [7, 11) is 0. The molecule has 0 spiro atoms. The van der Waals surface area contributed by atoms with Crippen molar-refractivity contribution in [2.24, 2.45) is 22.2 Å². The van der Waals surface area contributed by atoms with E-state index in [1.807, 2.05) is 13.0 Å². The molecule has 122 valence electrons. The number of hydrogen-bond donors (Lipinski definition) is 1. The first-order valence-corrected chi connectivity index (χ1v) is 8.71. The van der Waals surface area contributed by atoms with Crippen molar-refractivity contribution in [2.75, 3.05) is 0 Å². The summed E-state index contributed by atoms with van der Waals surface area (Å²) < 4.78 is 0. The van der Waals surface area contributed by atoms with E-state index in [1.54, 1.807) is 0 Å². The molecule has 1 N–H and O–H groups in total. The summed E-state index contributed by atoms with van der Waals surface area (Å²) in [6.45, 7) is 12.9. The fourth-order valence-corrected chi connectivity index (χ4v) is 5.50. The second-order valence-corrected chi connectivity index (χ2v) is 9.00. The lowest BCUT2D eigenvalue weighted by Gasteiger charge is -2.57. The Bertz CT molecular complexity index is 556. The van der Waals surface area contributed by atoms with Crippen molar-refractivity contribution in [2.45, 2.75) is 72.3 Å². The van der Waals surface area contributed by atoms with Crippen LogP contribution in [0, 0.1) is 22.2 Å². The van der Waals surface area contributed by atoms with Crippen LogP contribution in [0.2, 0.25) is 0 Å². The van der Waals surface area contributed by atoms with Gasteiger partial charge >= 0.3 is 0 Å². The van der Waals surface area contributed by atoms with Crippen molar-refractivity contribution in [1.82, 2.24) is 0 Å². The standard InChI is InChI=1S/C20H30O2/c1-6-19(4)12-13-14(10-17(19)22)20(5)9-7-8-18(2,3)16(20)11-15(13)21/h6,16-17,22H,1,7-12H2,2-5H3/t16-,17+,19+,20+/m0/s1. The summed E-state index contributed by atoms with van der Waals surface area (Å²) >= 11 is 0. The van der Waals surface area contributed by atoms with Crippen LogP contribution in [0.1, 0.15) is 66.2 Å². The first-order valence-electron chi connectivity index (χ1n) is 8.71. The van der Waals surface area contributed by atoms with Gasteiger partial charge in [-0.25, -0.2) is 0 Å². The van der Waals surface area contributed by atoms with Crippen LogP contribution in [-0.4, -0.2) is 17.0 Å². The Hall–Kier alpha value is -0.890. The number of aliphatic hydroxyl groups excluding tert-OH is 1. The van der Waals surface area contributed by atoms with Crippen molar-refractivity contribution in [3.05, 3.63) is 23.8 Å². The van der Waals surface area contributed by atoms with Crippen molar-refractivity contribution < 1.29 is 9.90 Å². The molecule has 1 fully saturated rings. The maximum atomic E-state index is 12.8. The summed E-state index contributed by atoms with van der Waals surface area (Å²) in [6.07, 6.45) is 7.00. The Kier molecular flexibility index (Phi) is 3.49. The summed E-state index contributed by atoms with van der Waals surface area (Å²) in [4.78, 5) is 12.8. The van der Waals surface area contributed by atoms with Gasteiger partial charge in [0.05, 0.1) is 6.10 Å². The molecule has 0 heterocycles. The maximum Gasteiger partial charge on any atom is 0.159 e. The summed E-state index contributed by atoms with van der Waals surface area (Å²) in [6, 6.07) is 0. The molecule has 0 saturated heterocycles. The zero-order chi connectivity index (χ0) is 16.3. The lowest BCUT2D eigenvalue weighted by molar-refractivity contribution is -0.123. The quantitative estimate of drug-likeness (QED) is 0.727. The first kappa shape index (κ1) is 16.0. The summed E-state index contributed by atoms with van der Waals surface area (Å²) in [5, 5.41) is 10.7.